The number of nitrogens with two attached hydrogens (primary N) is 1. The molecule has 0 amide bonds. The van der Waals surface area contributed by atoms with Crippen LogP contribution in [-0.2, 0) is 0 Å². The van der Waals surface area contributed by atoms with Crippen LogP contribution in [0.5, 0.6) is 17.2 Å². The van der Waals surface area contributed by atoms with E-state index in [1.54, 1.807) is 12.1 Å². The van der Waals surface area contributed by atoms with Crippen LogP contribution >= 0.6 is 0 Å². The molecule has 96 valence electrons. The molecule has 0 aliphatic rings. The van der Waals surface area contributed by atoms with Crippen molar-refractivity contribution in [3.63, 3.8) is 0 Å². The van der Waals surface area contributed by atoms with Gasteiger partial charge in [-0.3, -0.25) is 0 Å². The molecule has 2 N–H and O–H groups in total. The molecule has 0 saturated heterocycles. The first kappa shape index (κ1) is 13.6. The molecule has 4 nitrogen and oxygen atoms in total. The van der Waals surface area contributed by atoms with Gasteiger partial charge in [-0.1, -0.05) is 0 Å². The second-order valence-electron chi connectivity index (χ2n) is 3.50. The van der Waals surface area contributed by atoms with Gasteiger partial charge in [-0.15, -0.1) is 0 Å². The second kappa shape index (κ2) is 6.30. The molecule has 0 saturated carbocycles. The van der Waals surface area contributed by atoms with E-state index in [4.69, 9.17) is 19.9 Å². The molecule has 0 fully saturated rings. The van der Waals surface area contributed by atoms with E-state index in [1.807, 2.05) is 0 Å². The minimum absolute atomic E-state index is 0.263. The maximum absolute atomic E-state index is 13.8. The third kappa shape index (κ3) is 3.00. The summed E-state index contributed by atoms with van der Waals surface area (Å²) in [4.78, 5) is 0. The molecule has 5 heteroatoms. The van der Waals surface area contributed by atoms with Crippen molar-refractivity contribution in [2.75, 3.05) is 27.9 Å². The molecule has 0 aliphatic carbocycles. The smallest absolute Gasteiger partial charge is 0.203 e. The van der Waals surface area contributed by atoms with Crippen LogP contribution in [0.25, 0.3) is 0 Å². The fraction of sp³-hybridized carbons (Fsp3) is 0.500. The quantitative estimate of drug-likeness (QED) is 0.831. The van der Waals surface area contributed by atoms with Gasteiger partial charge in [-0.25, -0.2) is 4.39 Å². The van der Waals surface area contributed by atoms with Crippen molar-refractivity contribution in [3.05, 3.63) is 17.7 Å². The van der Waals surface area contributed by atoms with E-state index < -0.39 is 6.17 Å². The number of halogens is 1. The largest absolute Gasteiger partial charge is 0.493 e. The van der Waals surface area contributed by atoms with Crippen LogP contribution in [-0.4, -0.2) is 27.9 Å². The summed E-state index contributed by atoms with van der Waals surface area (Å²) in [6.45, 7) is 0.290. The standard InChI is InChI=1S/C12H18FNO3/c1-15-10-6-8(9(13)4-5-14)7-11(16-2)12(10)17-3/h6-7,9H,4-5,14H2,1-3H3. The molecular weight excluding hydrogens is 225 g/mol. The Kier molecular flexibility index (Phi) is 5.03. The maximum atomic E-state index is 13.8. The van der Waals surface area contributed by atoms with E-state index in [0.29, 0.717) is 22.8 Å². The molecule has 1 atom stereocenters. The molecule has 1 rings (SSSR count). The first-order chi connectivity index (χ1) is 8.17. The van der Waals surface area contributed by atoms with Gasteiger partial charge in [0.1, 0.15) is 6.17 Å². The maximum Gasteiger partial charge on any atom is 0.203 e. The van der Waals surface area contributed by atoms with Gasteiger partial charge in [0.2, 0.25) is 5.75 Å². The van der Waals surface area contributed by atoms with Crippen molar-refractivity contribution in [2.24, 2.45) is 5.73 Å². The van der Waals surface area contributed by atoms with Crippen molar-refractivity contribution in [1.82, 2.24) is 0 Å². The van der Waals surface area contributed by atoms with Gasteiger partial charge in [0.05, 0.1) is 21.3 Å². The summed E-state index contributed by atoms with van der Waals surface area (Å²) < 4.78 is 29.2. The summed E-state index contributed by atoms with van der Waals surface area (Å²) in [5.74, 6) is 1.35. The molecule has 1 aromatic carbocycles. The van der Waals surface area contributed by atoms with Crippen LogP contribution in [0.2, 0.25) is 0 Å². The van der Waals surface area contributed by atoms with Crippen LogP contribution in [0, 0.1) is 0 Å². The van der Waals surface area contributed by atoms with E-state index in [9.17, 15) is 4.39 Å². The summed E-state index contributed by atoms with van der Waals surface area (Å²) >= 11 is 0. The van der Waals surface area contributed by atoms with E-state index in [0.717, 1.165) is 0 Å². The normalized spacial score (nSPS) is 12.1. The number of ether oxygens (including phenoxy) is 3. The summed E-state index contributed by atoms with van der Waals surface area (Å²) in [7, 11) is 4.50. The Morgan fingerprint density at radius 1 is 1.12 bits per heavy atom. The van der Waals surface area contributed by atoms with Crippen LogP contribution in [0.4, 0.5) is 4.39 Å². The van der Waals surface area contributed by atoms with Gasteiger partial charge in [-0.2, -0.15) is 0 Å². The molecule has 1 aromatic rings. The monoisotopic (exact) mass is 243 g/mol. The average molecular weight is 243 g/mol. The van der Waals surface area contributed by atoms with Crippen molar-refractivity contribution in [3.8, 4) is 17.2 Å². The summed E-state index contributed by atoms with van der Waals surface area (Å²) in [5, 5.41) is 0. The Balaban J connectivity index is 3.17. The van der Waals surface area contributed by atoms with Crippen molar-refractivity contribution >= 4 is 0 Å². The molecule has 17 heavy (non-hydrogen) atoms. The molecule has 0 radical (unpaired) electrons. The Morgan fingerprint density at radius 2 is 1.65 bits per heavy atom. The zero-order valence-corrected chi connectivity index (χ0v) is 10.3. The number of benzene rings is 1. The van der Waals surface area contributed by atoms with Crippen molar-refractivity contribution in [1.29, 1.82) is 0 Å². The fourth-order valence-corrected chi connectivity index (χ4v) is 1.60. The minimum atomic E-state index is -1.13. The lowest BCUT2D eigenvalue weighted by Crippen LogP contribution is -2.05. The highest BCUT2D eigenvalue weighted by Crippen LogP contribution is 2.40. The number of hydrogen-bond donors (Lipinski definition) is 1. The number of rotatable bonds is 6. The van der Waals surface area contributed by atoms with Crippen molar-refractivity contribution in [2.45, 2.75) is 12.6 Å². The highest BCUT2D eigenvalue weighted by atomic mass is 19.1. The SMILES string of the molecule is COc1cc(C(F)CCN)cc(OC)c1OC. The number of methoxy groups -OCH3 is 3. The van der Waals surface area contributed by atoms with Gasteiger partial charge in [0.15, 0.2) is 11.5 Å². The highest BCUT2D eigenvalue weighted by molar-refractivity contribution is 5.54. The van der Waals surface area contributed by atoms with E-state index in [-0.39, 0.29) is 13.0 Å². The summed E-state index contributed by atoms with van der Waals surface area (Å²) in [5.41, 5.74) is 5.81. The van der Waals surface area contributed by atoms with Crippen molar-refractivity contribution < 1.29 is 18.6 Å². The Hall–Kier alpha value is -1.49. The van der Waals surface area contributed by atoms with Gasteiger partial charge >= 0.3 is 0 Å². The Labute approximate surface area is 100 Å². The summed E-state index contributed by atoms with van der Waals surface area (Å²) in [6.07, 6.45) is -0.868. The Bertz CT molecular complexity index is 346. The van der Waals surface area contributed by atoms with Gasteiger partial charge in [0, 0.05) is 0 Å². The van der Waals surface area contributed by atoms with Crippen LogP contribution in [0.15, 0.2) is 12.1 Å². The average Bonchev–Trinajstić information content (AvgIpc) is 2.37. The molecular formula is C12H18FNO3. The zero-order valence-electron chi connectivity index (χ0n) is 10.3. The molecule has 0 spiro atoms. The third-order valence-electron chi connectivity index (χ3n) is 2.47. The first-order valence-corrected chi connectivity index (χ1v) is 5.32. The van der Waals surface area contributed by atoms with Crippen LogP contribution < -0.4 is 19.9 Å². The third-order valence-corrected chi connectivity index (χ3v) is 2.47. The predicted molar refractivity (Wildman–Crippen MR) is 63.6 cm³/mol. The van der Waals surface area contributed by atoms with Gasteiger partial charge in [0.25, 0.3) is 0 Å². The lowest BCUT2D eigenvalue weighted by molar-refractivity contribution is 0.308. The summed E-state index contributed by atoms with van der Waals surface area (Å²) in [6, 6.07) is 3.20. The minimum Gasteiger partial charge on any atom is -0.493 e. The van der Waals surface area contributed by atoms with Crippen LogP contribution in [0.1, 0.15) is 18.2 Å². The fourth-order valence-electron chi connectivity index (χ4n) is 1.60. The lowest BCUT2D eigenvalue weighted by atomic mass is 10.1. The molecule has 0 heterocycles. The molecule has 0 aliphatic heterocycles. The molecule has 1 unspecified atom stereocenters. The lowest BCUT2D eigenvalue weighted by Gasteiger charge is -2.15. The predicted octanol–water partition coefficient (Wildman–Crippen LogP) is 2.07. The van der Waals surface area contributed by atoms with E-state index >= 15 is 0 Å². The zero-order chi connectivity index (χ0) is 12.8. The molecule has 0 aromatic heterocycles. The highest BCUT2D eigenvalue weighted by Gasteiger charge is 2.17. The van der Waals surface area contributed by atoms with E-state index in [1.165, 1.54) is 21.3 Å². The first-order valence-electron chi connectivity index (χ1n) is 5.32. The van der Waals surface area contributed by atoms with E-state index in [2.05, 4.69) is 0 Å². The number of hydrogen-bond acceptors (Lipinski definition) is 4. The van der Waals surface area contributed by atoms with Crippen LogP contribution in [0.3, 0.4) is 0 Å². The second-order valence-corrected chi connectivity index (χ2v) is 3.50. The van der Waals surface area contributed by atoms with Gasteiger partial charge in [-0.05, 0) is 30.7 Å². The van der Waals surface area contributed by atoms with Gasteiger partial charge < -0.3 is 19.9 Å². The number of alkyl halides is 1. The Morgan fingerprint density at radius 3 is 2.00 bits per heavy atom. The molecule has 0 bridgehead atoms. The topological polar surface area (TPSA) is 53.7 Å².